The normalized spacial score (nSPS) is 15.6. The number of guanidine groups is 2. The predicted molar refractivity (Wildman–Crippen MR) is 368 cm³/mol. The highest BCUT2D eigenvalue weighted by atomic mass is 16.4. The van der Waals surface area contributed by atoms with Crippen LogP contribution in [0.1, 0.15) is 145 Å². The molecule has 0 saturated carbocycles. The summed E-state index contributed by atoms with van der Waals surface area (Å²) in [5, 5.41) is 47.7. The predicted octanol–water partition coefficient (Wildman–Crippen LogP) is -6.41. The average Bonchev–Trinajstić information content (AvgIpc) is 1.74. The van der Waals surface area contributed by atoms with Gasteiger partial charge >= 0.3 is 11.9 Å². The molecule has 11 atom stereocenters. The van der Waals surface area contributed by atoms with Crippen molar-refractivity contribution in [2.24, 2.45) is 68.2 Å². The highest BCUT2D eigenvalue weighted by Crippen LogP contribution is 2.22. The van der Waals surface area contributed by atoms with Crippen molar-refractivity contribution >= 4 is 94.7 Å². The van der Waals surface area contributed by atoms with E-state index >= 15 is 0 Å². The molecule has 0 spiro atoms. The molecule has 568 valence electrons. The summed E-state index contributed by atoms with van der Waals surface area (Å²) in [6, 6.07) is -13.5. The van der Waals surface area contributed by atoms with Gasteiger partial charge < -0.3 is 107 Å². The van der Waals surface area contributed by atoms with Crippen molar-refractivity contribution < 1.29 is 77.3 Å². The summed E-state index contributed by atoms with van der Waals surface area (Å²) in [5.41, 5.74) is 30.2. The minimum atomic E-state index is -1.59. The summed E-state index contributed by atoms with van der Waals surface area (Å²) >= 11 is 0. The largest absolute Gasteiger partial charge is 0.481 e. The Labute approximate surface area is 586 Å². The van der Waals surface area contributed by atoms with Crippen molar-refractivity contribution in [2.45, 2.75) is 206 Å². The summed E-state index contributed by atoms with van der Waals surface area (Å²) < 4.78 is 0. The van der Waals surface area contributed by atoms with Crippen molar-refractivity contribution in [1.82, 2.24) is 78.8 Å². The highest BCUT2D eigenvalue weighted by molar-refractivity contribution is 5.99. The van der Waals surface area contributed by atoms with Crippen LogP contribution in [0.3, 0.4) is 0 Å². The second-order valence-corrected chi connectivity index (χ2v) is 25.7. The van der Waals surface area contributed by atoms with Gasteiger partial charge in [0.15, 0.2) is 11.9 Å². The number of carboxylic acid groups (broad SMARTS) is 2. The van der Waals surface area contributed by atoms with E-state index in [1.807, 2.05) is 0 Å². The zero-order valence-corrected chi connectivity index (χ0v) is 58.9. The molecule has 0 bridgehead atoms. The van der Waals surface area contributed by atoms with Crippen molar-refractivity contribution in [3.63, 3.8) is 0 Å². The molecule has 0 radical (unpaired) electrons. The number of hydrogen-bond acceptors (Lipinski definition) is 20. The number of nitrogens with zero attached hydrogens (tertiary/aromatic N) is 4. The number of aromatic amines is 1. The maximum Gasteiger partial charge on any atom is 0.326 e. The van der Waals surface area contributed by atoms with Gasteiger partial charge in [-0.15, -0.1) is 0 Å². The molecular formula is C62H109N23O16. The number of unbranched alkanes of at least 4 members (excludes halogenated alkanes) is 1. The third kappa shape index (κ3) is 32.8. The molecule has 1 aromatic rings. The Balaban J connectivity index is 2.43. The molecule has 101 heavy (non-hydrogen) atoms. The lowest BCUT2D eigenvalue weighted by Crippen LogP contribution is -2.61. The Morgan fingerprint density at radius 1 is 0.574 bits per heavy atom. The van der Waals surface area contributed by atoms with Gasteiger partial charge in [-0.1, -0.05) is 61.8 Å². The van der Waals surface area contributed by atoms with E-state index in [0.29, 0.717) is 18.5 Å². The van der Waals surface area contributed by atoms with Crippen LogP contribution in [0.2, 0.25) is 0 Å². The van der Waals surface area contributed by atoms with Crippen LogP contribution in [0.25, 0.3) is 0 Å². The van der Waals surface area contributed by atoms with E-state index < -0.39 is 187 Å². The quantitative estimate of drug-likeness (QED) is 0.00948. The van der Waals surface area contributed by atoms with Gasteiger partial charge in [-0.3, -0.25) is 83.6 Å². The van der Waals surface area contributed by atoms with Crippen LogP contribution >= 0.6 is 0 Å². The van der Waals surface area contributed by atoms with E-state index in [1.165, 1.54) is 12.5 Å². The molecule has 12 amide bonds. The molecule has 0 aromatic carbocycles. The highest BCUT2D eigenvalue weighted by Gasteiger charge is 2.42. The first-order valence-corrected chi connectivity index (χ1v) is 33.9. The van der Waals surface area contributed by atoms with Gasteiger partial charge in [0, 0.05) is 44.4 Å². The number of carbonyl (C=O) groups excluding carboxylic acids is 12. The number of hydrazine groups is 1. The summed E-state index contributed by atoms with van der Waals surface area (Å²) in [7, 11) is 0. The van der Waals surface area contributed by atoms with E-state index in [9.17, 15) is 77.3 Å². The maximum atomic E-state index is 14.7. The third-order valence-corrected chi connectivity index (χ3v) is 16.2. The third-order valence-electron chi connectivity index (χ3n) is 16.2. The second kappa shape index (κ2) is 45.8. The van der Waals surface area contributed by atoms with E-state index in [2.05, 4.69) is 83.9 Å². The molecule has 1 saturated heterocycles. The van der Waals surface area contributed by atoms with Crippen LogP contribution in [0.4, 0.5) is 0 Å². The molecule has 1 fully saturated rings. The number of amides is 12. The minimum Gasteiger partial charge on any atom is -0.481 e. The number of carbonyl (C=O) groups is 14. The Morgan fingerprint density at radius 3 is 1.58 bits per heavy atom. The fourth-order valence-corrected chi connectivity index (χ4v) is 10.6. The fraction of sp³-hybridized carbons (Fsp3) is 0.694. The fourth-order valence-electron chi connectivity index (χ4n) is 10.6. The van der Waals surface area contributed by atoms with Crippen molar-refractivity contribution in [1.29, 1.82) is 0 Å². The first-order valence-electron chi connectivity index (χ1n) is 33.9. The molecule has 39 heteroatoms. The zero-order valence-electron chi connectivity index (χ0n) is 58.9. The number of nitrogens with one attached hydrogen (secondary N) is 13. The lowest BCUT2D eigenvalue weighted by Gasteiger charge is -2.32. The second-order valence-electron chi connectivity index (χ2n) is 25.7. The van der Waals surface area contributed by atoms with Crippen molar-refractivity contribution in [2.75, 3.05) is 45.8 Å². The van der Waals surface area contributed by atoms with Gasteiger partial charge in [-0.05, 0) is 101 Å². The van der Waals surface area contributed by atoms with Gasteiger partial charge in [-0.2, -0.15) is 0 Å². The monoisotopic (exact) mass is 1430 g/mol. The Hall–Kier alpha value is -9.79. The number of nitrogens with two attached hydrogens (primary N) is 6. The minimum absolute atomic E-state index is 0.00892. The van der Waals surface area contributed by atoms with E-state index in [1.54, 1.807) is 55.4 Å². The van der Waals surface area contributed by atoms with Gasteiger partial charge in [0.1, 0.15) is 60.4 Å². The van der Waals surface area contributed by atoms with E-state index in [4.69, 9.17) is 34.5 Å². The number of likely N-dealkylation sites (tertiary alicyclic amines) is 1. The number of aliphatic imine (C=N–C) groups is 2. The number of carboxylic acids is 2. The number of hydrogen-bond donors (Lipinski definition) is 21. The van der Waals surface area contributed by atoms with Gasteiger partial charge in [0.2, 0.25) is 70.9 Å². The molecule has 0 unspecified atom stereocenters. The van der Waals surface area contributed by atoms with Crippen molar-refractivity contribution in [3.05, 3.63) is 18.2 Å². The van der Waals surface area contributed by atoms with Crippen LogP contribution < -0.4 is 98.4 Å². The standard InChI is InChI=1S/C62H109N23O16/c1-9-35(8)50(84-54(94)38(17-13-23-71-62(66)67)77-44(86)28-72-51(91)37(76-46(88)30-75-68)16-12-22-70-61(64)65)58(98)80-41(25-32(2)3)55(95)78-39(15-10-11-21-63)53(93)79-40(19-20-47(89)90)59(99)85-24-14-18-43(85)56(96)83-48(33(4)5)57(97)81-42(26-36-27-69-31-74-36)52(92)73-29-45(87)82-49(34(6)7)60(100)101/h27,31-35,37-43,48-50,75H,9-26,28-30,63,68H2,1-8H3,(H,69,74)(H,72,91)(H,73,92)(H,76,88)(H,77,86)(H,78,95)(H,79,93)(H,80,98)(H,81,97)(H,82,87)(H,83,96)(H,84,94)(H,89,90)(H,100,101)(H4,64,65,70)(H4,66,67,71)/t35-,37-,38-,39-,40-,41-,42-,43-,48-,49-,50-/m0/s1. The van der Waals surface area contributed by atoms with Crippen molar-refractivity contribution in [3.8, 4) is 0 Å². The molecule has 1 aliphatic heterocycles. The Kier molecular flexibility index (Phi) is 39.6. The summed E-state index contributed by atoms with van der Waals surface area (Å²) in [6.45, 7) is 12.0. The zero-order chi connectivity index (χ0) is 76.1. The van der Waals surface area contributed by atoms with Crippen LogP contribution in [0.5, 0.6) is 0 Å². The number of aliphatic carboxylic acids is 2. The lowest BCUT2D eigenvalue weighted by atomic mass is 9.96. The average molecular weight is 1430 g/mol. The Bertz CT molecular complexity index is 2980. The Morgan fingerprint density at radius 2 is 1.07 bits per heavy atom. The number of imidazole rings is 1. The summed E-state index contributed by atoms with van der Waals surface area (Å²) in [4.78, 5) is 206. The SMILES string of the molecule is CC[C@H](C)[C@H](NC(=O)[C@H](CCCN=C(N)N)NC(=O)CNC(=O)[C@H](CCCN=C(N)N)NC(=O)CNN)C(=O)N[C@@H](CC(C)C)C(=O)N[C@@H](CCCCN)C(=O)N[C@@H](CCC(=O)O)C(=O)N1CCC[C@H]1C(=O)N[C@H](C(=O)N[C@@H](Cc1cnc[nH]1)C(=O)NCC(=O)N[C@H](C(=O)O)C(C)C)C(C)C. The van der Waals surface area contributed by atoms with Gasteiger partial charge in [0.25, 0.3) is 0 Å². The molecular weight excluding hydrogens is 1320 g/mol. The summed E-state index contributed by atoms with van der Waals surface area (Å²) in [5.74, 6) is -9.62. The van der Waals surface area contributed by atoms with Crippen LogP contribution in [-0.2, 0) is 73.5 Å². The lowest BCUT2D eigenvalue weighted by molar-refractivity contribution is -0.144. The van der Waals surface area contributed by atoms with Gasteiger partial charge in [-0.25, -0.2) is 9.78 Å². The molecule has 39 nitrogen and oxygen atoms in total. The number of rotatable bonds is 48. The van der Waals surface area contributed by atoms with Gasteiger partial charge in [0.05, 0.1) is 26.0 Å². The number of H-pyrrole nitrogens is 1. The molecule has 27 N–H and O–H groups in total. The van der Waals surface area contributed by atoms with Crippen LogP contribution in [0, 0.1) is 23.7 Å². The molecule has 0 aliphatic carbocycles. The topological polar surface area (TPSA) is 637 Å². The molecule has 1 aromatic heterocycles. The number of aromatic nitrogens is 2. The van der Waals surface area contributed by atoms with E-state index in [0.717, 1.165) is 4.90 Å². The van der Waals surface area contributed by atoms with Crippen LogP contribution in [-0.4, -0.2) is 226 Å². The molecule has 2 heterocycles. The van der Waals surface area contributed by atoms with Crippen LogP contribution in [0.15, 0.2) is 22.5 Å². The summed E-state index contributed by atoms with van der Waals surface area (Å²) in [6.07, 6.45) is 3.01. The first-order chi connectivity index (χ1) is 47.6. The smallest absolute Gasteiger partial charge is 0.326 e. The molecule has 1 aliphatic rings. The molecule has 2 rings (SSSR count). The maximum absolute atomic E-state index is 14.7. The van der Waals surface area contributed by atoms with E-state index in [-0.39, 0.29) is 115 Å². The first kappa shape index (κ1) is 87.3.